The van der Waals surface area contributed by atoms with Gasteiger partial charge in [0.15, 0.2) is 12.4 Å². The summed E-state index contributed by atoms with van der Waals surface area (Å²) >= 11 is 0.772. The van der Waals surface area contributed by atoms with Crippen molar-refractivity contribution < 1.29 is 29.0 Å². The highest BCUT2D eigenvalue weighted by atomic mass is 32.2. The molecule has 1 N–H and O–H groups in total. The number of carbonyl (C=O) groups excluding carboxylic acids is 3. The Labute approximate surface area is 171 Å². The van der Waals surface area contributed by atoms with Crippen LogP contribution >= 0.6 is 11.8 Å². The normalized spacial score (nSPS) is 15.1. The fourth-order valence-electron chi connectivity index (χ4n) is 2.57. The van der Waals surface area contributed by atoms with E-state index in [1.165, 1.54) is 0 Å². The van der Waals surface area contributed by atoms with Gasteiger partial charge in [0.1, 0.15) is 5.75 Å². The van der Waals surface area contributed by atoms with Crippen LogP contribution in [0.5, 0.6) is 5.75 Å². The Morgan fingerprint density at radius 3 is 2.34 bits per heavy atom. The van der Waals surface area contributed by atoms with Crippen molar-refractivity contribution in [3.63, 3.8) is 0 Å². The van der Waals surface area contributed by atoms with Gasteiger partial charge >= 0.3 is 5.97 Å². The quantitative estimate of drug-likeness (QED) is 0.550. The van der Waals surface area contributed by atoms with Crippen molar-refractivity contribution in [2.45, 2.75) is 6.92 Å². The molecule has 0 aromatic heterocycles. The summed E-state index contributed by atoms with van der Waals surface area (Å²) in [6, 6.07) is 13.3. The molecule has 29 heavy (non-hydrogen) atoms. The van der Waals surface area contributed by atoms with Gasteiger partial charge in [-0.2, -0.15) is 0 Å². The maximum absolute atomic E-state index is 12.6. The Morgan fingerprint density at radius 2 is 1.72 bits per heavy atom. The zero-order valence-corrected chi connectivity index (χ0v) is 16.3. The maximum Gasteiger partial charge on any atom is 0.341 e. The number of imide groups is 1. The van der Waals surface area contributed by atoms with E-state index in [0.717, 1.165) is 22.2 Å². The molecule has 0 unspecified atom stereocenters. The molecule has 1 fully saturated rings. The van der Waals surface area contributed by atoms with Crippen molar-refractivity contribution in [2.24, 2.45) is 0 Å². The third kappa shape index (κ3) is 5.11. The summed E-state index contributed by atoms with van der Waals surface area (Å²) in [6.07, 6.45) is 1.54. The predicted molar refractivity (Wildman–Crippen MR) is 108 cm³/mol. The molecule has 148 valence electrons. The molecule has 1 saturated heterocycles. The number of thioether (sulfide) groups is 1. The minimum atomic E-state index is -1.08. The van der Waals surface area contributed by atoms with Gasteiger partial charge in [-0.25, -0.2) is 4.79 Å². The minimum Gasteiger partial charge on any atom is -0.482 e. The number of carboxylic acid groups (broad SMARTS) is 1. The van der Waals surface area contributed by atoms with Crippen molar-refractivity contribution >= 4 is 40.7 Å². The largest absolute Gasteiger partial charge is 0.482 e. The molecule has 0 aliphatic carbocycles. The van der Waals surface area contributed by atoms with Crippen LogP contribution in [0.4, 0.5) is 4.79 Å². The highest BCUT2D eigenvalue weighted by Crippen LogP contribution is 2.32. The first-order valence-corrected chi connectivity index (χ1v) is 9.45. The predicted octanol–water partition coefficient (Wildman–Crippen LogP) is 3.38. The molecule has 1 aliphatic heterocycles. The van der Waals surface area contributed by atoms with Crippen molar-refractivity contribution in [2.75, 3.05) is 13.2 Å². The fourth-order valence-corrected chi connectivity index (χ4v) is 3.41. The van der Waals surface area contributed by atoms with Gasteiger partial charge in [0, 0.05) is 5.56 Å². The molecule has 8 heteroatoms. The lowest BCUT2D eigenvalue weighted by molar-refractivity contribution is -0.139. The standard InChI is InChI=1S/C21H17NO6S/c1-13-2-6-15(7-3-13)17(23)11-22-20(26)18(29-21(22)27)10-14-4-8-16(9-5-14)28-12-19(24)25/h2-10H,11-12H2,1H3,(H,24,25)/b18-10-. The Hall–Kier alpha value is -3.39. The number of hydrogen-bond donors (Lipinski definition) is 1. The molecule has 2 amide bonds. The van der Waals surface area contributed by atoms with Crippen LogP contribution in [-0.4, -0.2) is 46.1 Å². The number of aryl methyl sites for hydroxylation is 1. The Bertz CT molecular complexity index is 995. The first-order chi connectivity index (χ1) is 13.8. The van der Waals surface area contributed by atoms with Crippen LogP contribution in [0.25, 0.3) is 6.08 Å². The topological polar surface area (TPSA) is 101 Å². The minimum absolute atomic E-state index is 0.214. The second-order valence-corrected chi connectivity index (χ2v) is 7.30. The average molecular weight is 411 g/mol. The van der Waals surface area contributed by atoms with E-state index in [0.29, 0.717) is 16.9 Å². The summed E-state index contributed by atoms with van der Waals surface area (Å²) in [4.78, 5) is 48.8. The number of carbonyl (C=O) groups is 4. The average Bonchev–Trinajstić information content (AvgIpc) is 2.95. The third-order valence-corrected chi connectivity index (χ3v) is 5.00. The Kier molecular flexibility index (Phi) is 6.13. The molecule has 0 atom stereocenters. The van der Waals surface area contributed by atoms with Crippen LogP contribution in [0.3, 0.4) is 0 Å². The second-order valence-electron chi connectivity index (χ2n) is 6.31. The van der Waals surface area contributed by atoms with Crippen molar-refractivity contribution in [1.29, 1.82) is 0 Å². The number of carboxylic acids is 1. The van der Waals surface area contributed by atoms with Crippen LogP contribution in [0.1, 0.15) is 21.5 Å². The van der Waals surface area contributed by atoms with Gasteiger partial charge in [-0.05, 0) is 42.5 Å². The van der Waals surface area contributed by atoms with E-state index < -0.39 is 23.7 Å². The maximum atomic E-state index is 12.6. The molecule has 1 aliphatic rings. The summed E-state index contributed by atoms with van der Waals surface area (Å²) in [5, 5.41) is 8.11. The SMILES string of the molecule is Cc1ccc(C(=O)CN2C(=O)S/C(=C\c3ccc(OCC(=O)O)cc3)C2=O)cc1. The summed E-state index contributed by atoms with van der Waals surface area (Å²) in [7, 11) is 0. The molecule has 0 bridgehead atoms. The first-order valence-electron chi connectivity index (χ1n) is 8.63. The molecule has 0 spiro atoms. The lowest BCUT2D eigenvalue weighted by Crippen LogP contribution is -2.33. The fraction of sp³-hybridized carbons (Fsp3) is 0.143. The number of amides is 2. The van der Waals surface area contributed by atoms with Gasteiger partial charge in [0.05, 0.1) is 11.4 Å². The van der Waals surface area contributed by atoms with E-state index in [2.05, 4.69) is 0 Å². The molecule has 0 saturated carbocycles. The number of nitrogens with zero attached hydrogens (tertiary/aromatic N) is 1. The number of rotatable bonds is 7. The lowest BCUT2D eigenvalue weighted by Gasteiger charge is -2.11. The number of benzene rings is 2. The van der Waals surface area contributed by atoms with Crippen molar-refractivity contribution in [1.82, 2.24) is 4.90 Å². The van der Waals surface area contributed by atoms with Gasteiger partial charge < -0.3 is 9.84 Å². The molecule has 2 aromatic rings. The molecule has 0 radical (unpaired) electrons. The second kappa shape index (κ2) is 8.74. The van der Waals surface area contributed by atoms with E-state index >= 15 is 0 Å². The van der Waals surface area contributed by atoms with Gasteiger partial charge in [-0.1, -0.05) is 42.0 Å². The molecular weight excluding hydrogens is 394 g/mol. The third-order valence-electron chi connectivity index (χ3n) is 4.09. The van der Waals surface area contributed by atoms with Gasteiger partial charge in [0.2, 0.25) is 0 Å². The zero-order valence-electron chi connectivity index (χ0n) is 15.5. The van der Waals surface area contributed by atoms with Gasteiger partial charge in [0.25, 0.3) is 11.1 Å². The Balaban J connectivity index is 1.68. The molecular formula is C21H17NO6S. The van der Waals surface area contributed by atoms with E-state index in [9.17, 15) is 19.2 Å². The first kappa shape index (κ1) is 20.3. The highest BCUT2D eigenvalue weighted by molar-refractivity contribution is 8.18. The van der Waals surface area contributed by atoms with E-state index in [4.69, 9.17) is 9.84 Å². The van der Waals surface area contributed by atoms with Crippen LogP contribution in [0.15, 0.2) is 53.4 Å². The number of hydrogen-bond acceptors (Lipinski definition) is 6. The van der Waals surface area contributed by atoms with Gasteiger partial charge in [-0.3, -0.25) is 19.3 Å². The highest BCUT2D eigenvalue weighted by Gasteiger charge is 2.36. The van der Waals surface area contributed by atoms with Crippen LogP contribution in [-0.2, 0) is 9.59 Å². The number of ketones is 1. The van der Waals surface area contributed by atoms with E-state index in [1.54, 1.807) is 54.6 Å². The van der Waals surface area contributed by atoms with Crippen molar-refractivity contribution in [3.8, 4) is 5.75 Å². The molecule has 7 nitrogen and oxygen atoms in total. The summed E-state index contributed by atoms with van der Waals surface area (Å²) < 4.78 is 5.05. The molecule has 2 aromatic carbocycles. The summed E-state index contributed by atoms with van der Waals surface area (Å²) in [6.45, 7) is 1.14. The zero-order chi connectivity index (χ0) is 21.0. The number of Topliss-reactive ketones (excluding diaryl/α,β-unsaturated/α-hetero) is 1. The Morgan fingerprint density at radius 1 is 1.07 bits per heavy atom. The molecule has 3 rings (SSSR count). The van der Waals surface area contributed by atoms with E-state index in [1.807, 2.05) is 6.92 Å². The van der Waals surface area contributed by atoms with Gasteiger partial charge in [-0.15, -0.1) is 0 Å². The number of aliphatic carboxylic acids is 1. The van der Waals surface area contributed by atoms with Crippen molar-refractivity contribution in [3.05, 3.63) is 70.1 Å². The summed E-state index contributed by atoms with van der Waals surface area (Å²) in [5.74, 6) is -1.54. The monoisotopic (exact) mass is 411 g/mol. The van der Waals surface area contributed by atoms with Crippen LogP contribution in [0.2, 0.25) is 0 Å². The van der Waals surface area contributed by atoms with Crippen LogP contribution < -0.4 is 4.74 Å². The van der Waals surface area contributed by atoms with Crippen LogP contribution in [0, 0.1) is 6.92 Å². The summed E-state index contributed by atoms with van der Waals surface area (Å²) in [5.41, 5.74) is 2.09. The lowest BCUT2D eigenvalue weighted by atomic mass is 10.1. The molecule has 1 heterocycles. The van der Waals surface area contributed by atoms with E-state index in [-0.39, 0.29) is 17.2 Å². The number of ether oxygens (including phenoxy) is 1. The smallest absolute Gasteiger partial charge is 0.341 e.